The number of allylic oxidation sites excluding steroid dienone is 2. The molecule has 0 N–H and O–H groups in total. The van der Waals surface area contributed by atoms with Gasteiger partial charge in [-0.15, -0.1) is 11.3 Å². The lowest BCUT2D eigenvalue weighted by Gasteiger charge is -2.23. The van der Waals surface area contributed by atoms with Crippen LogP contribution < -0.4 is 4.74 Å². The molecule has 34 heavy (non-hydrogen) atoms. The summed E-state index contributed by atoms with van der Waals surface area (Å²) in [4.78, 5) is 0. The lowest BCUT2D eigenvalue weighted by molar-refractivity contribution is 0.155. The first-order chi connectivity index (χ1) is 16.5. The average molecular weight is 483 g/mol. The van der Waals surface area contributed by atoms with Gasteiger partial charge in [0.05, 0.1) is 6.10 Å². The summed E-state index contributed by atoms with van der Waals surface area (Å²) in [5.74, 6) is -6.09. The summed E-state index contributed by atoms with van der Waals surface area (Å²) in [5.41, 5.74) is -0.330. The van der Waals surface area contributed by atoms with Gasteiger partial charge >= 0.3 is 0 Å². The Morgan fingerprint density at radius 1 is 0.676 bits per heavy atom. The van der Waals surface area contributed by atoms with Gasteiger partial charge in [0, 0.05) is 31.3 Å². The fraction of sp³-hybridized carbons (Fsp3) is 0.214. The summed E-state index contributed by atoms with van der Waals surface area (Å²) in [5, 5.41) is 1.63. The minimum absolute atomic E-state index is 0.115. The SMILES string of the molecule is FC(/C(F)=C(\F)c1ccc2sc3ccccc3c2c1)=C(/F)c1ccc(OC2CCCCC2)cc1. The van der Waals surface area contributed by atoms with Crippen LogP contribution in [0.3, 0.4) is 0 Å². The second kappa shape index (κ2) is 9.63. The maximum atomic E-state index is 14.9. The molecule has 0 unspecified atom stereocenters. The number of rotatable bonds is 5. The number of benzene rings is 3. The van der Waals surface area contributed by atoms with Crippen LogP contribution in [0.5, 0.6) is 5.75 Å². The van der Waals surface area contributed by atoms with Crippen molar-refractivity contribution in [3.63, 3.8) is 0 Å². The van der Waals surface area contributed by atoms with Crippen LogP contribution in [0.15, 0.2) is 78.4 Å². The van der Waals surface area contributed by atoms with E-state index >= 15 is 0 Å². The molecule has 1 nitrogen and oxygen atoms in total. The van der Waals surface area contributed by atoms with Crippen molar-refractivity contribution < 1.29 is 22.3 Å². The van der Waals surface area contributed by atoms with Crippen LogP contribution >= 0.6 is 11.3 Å². The number of fused-ring (bicyclic) bond motifs is 3. The first kappa shape index (κ1) is 22.7. The van der Waals surface area contributed by atoms with Crippen molar-refractivity contribution in [2.45, 2.75) is 38.2 Å². The van der Waals surface area contributed by atoms with Gasteiger partial charge in [0.2, 0.25) is 0 Å². The molecule has 0 radical (unpaired) electrons. The first-order valence-corrected chi connectivity index (χ1v) is 12.1. The van der Waals surface area contributed by atoms with Gasteiger partial charge in [-0.2, -0.15) is 0 Å². The van der Waals surface area contributed by atoms with E-state index in [0.717, 1.165) is 45.9 Å². The van der Waals surface area contributed by atoms with Gasteiger partial charge in [-0.05, 0) is 68.1 Å². The van der Waals surface area contributed by atoms with Crippen molar-refractivity contribution in [1.82, 2.24) is 0 Å². The van der Waals surface area contributed by atoms with Crippen molar-refractivity contribution in [2.75, 3.05) is 0 Å². The van der Waals surface area contributed by atoms with Gasteiger partial charge in [-0.3, -0.25) is 0 Å². The molecular weight excluding hydrogens is 460 g/mol. The van der Waals surface area contributed by atoms with Gasteiger partial charge in [0.25, 0.3) is 0 Å². The third-order valence-corrected chi connectivity index (χ3v) is 7.32. The Kier molecular flexibility index (Phi) is 6.42. The van der Waals surface area contributed by atoms with E-state index in [1.807, 2.05) is 24.3 Å². The van der Waals surface area contributed by atoms with Crippen LogP contribution in [0, 0.1) is 0 Å². The number of ether oxygens (including phenoxy) is 1. The summed E-state index contributed by atoms with van der Waals surface area (Å²) in [7, 11) is 0. The Labute approximate surface area is 199 Å². The summed E-state index contributed by atoms with van der Waals surface area (Å²) in [6.07, 6.45) is 5.46. The van der Waals surface area contributed by atoms with E-state index in [4.69, 9.17) is 4.74 Å². The molecular formula is C28H22F4OS. The van der Waals surface area contributed by atoms with Crippen LogP contribution in [-0.2, 0) is 0 Å². The highest BCUT2D eigenvalue weighted by Crippen LogP contribution is 2.38. The molecule has 0 atom stereocenters. The second-order valence-corrected chi connectivity index (χ2v) is 9.55. The van der Waals surface area contributed by atoms with Crippen LogP contribution in [0.4, 0.5) is 17.6 Å². The Bertz CT molecular complexity index is 1400. The highest BCUT2D eigenvalue weighted by molar-refractivity contribution is 7.25. The van der Waals surface area contributed by atoms with Gasteiger partial charge < -0.3 is 4.74 Å². The zero-order chi connectivity index (χ0) is 23.7. The Morgan fingerprint density at radius 2 is 1.29 bits per heavy atom. The van der Waals surface area contributed by atoms with Crippen molar-refractivity contribution in [1.29, 1.82) is 0 Å². The fourth-order valence-electron chi connectivity index (χ4n) is 4.36. The summed E-state index contributed by atoms with van der Waals surface area (Å²) in [6.45, 7) is 0. The average Bonchev–Trinajstić information content (AvgIpc) is 3.26. The molecule has 0 spiro atoms. The third-order valence-electron chi connectivity index (χ3n) is 6.17. The van der Waals surface area contributed by atoms with Crippen LogP contribution in [0.25, 0.3) is 31.8 Å². The molecule has 1 aliphatic carbocycles. The zero-order valence-corrected chi connectivity index (χ0v) is 19.1. The normalized spacial score (nSPS) is 16.5. The Hall–Kier alpha value is -3.12. The monoisotopic (exact) mass is 482 g/mol. The van der Waals surface area contributed by atoms with E-state index in [-0.39, 0.29) is 17.2 Å². The molecule has 0 saturated heterocycles. The quantitative estimate of drug-likeness (QED) is 0.203. The summed E-state index contributed by atoms with van der Waals surface area (Å²) >= 11 is 1.52. The molecule has 1 heterocycles. The highest BCUT2D eigenvalue weighted by atomic mass is 32.1. The second-order valence-electron chi connectivity index (χ2n) is 8.47. The molecule has 174 valence electrons. The van der Waals surface area contributed by atoms with Crippen LogP contribution in [0.2, 0.25) is 0 Å². The molecule has 3 aromatic carbocycles. The van der Waals surface area contributed by atoms with Gasteiger partial charge in [-0.25, -0.2) is 17.6 Å². The molecule has 5 rings (SSSR count). The van der Waals surface area contributed by atoms with Crippen molar-refractivity contribution in [3.05, 3.63) is 89.5 Å². The zero-order valence-electron chi connectivity index (χ0n) is 18.3. The summed E-state index contributed by atoms with van der Waals surface area (Å²) in [6, 6.07) is 17.7. The number of hydrogen-bond acceptors (Lipinski definition) is 2. The molecule has 0 amide bonds. The smallest absolute Gasteiger partial charge is 0.198 e. The highest BCUT2D eigenvalue weighted by Gasteiger charge is 2.21. The standard InChI is InChI=1S/C28H22F4OS/c29-25(17-10-13-20(14-11-17)33-19-6-2-1-3-7-19)27(31)28(32)26(30)18-12-15-24-22(16-18)21-8-4-5-9-23(21)34-24/h4-5,8-16,19H,1-3,6-7H2/b27-25+,28-26+. The minimum Gasteiger partial charge on any atom is -0.490 e. The van der Waals surface area contributed by atoms with E-state index in [1.54, 1.807) is 6.07 Å². The van der Waals surface area contributed by atoms with Gasteiger partial charge in [0.15, 0.2) is 23.3 Å². The van der Waals surface area contributed by atoms with E-state index in [1.165, 1.54) is 54.2 Å². The molecule has 1 fully saturated rings. The predicted octanol–water partition coefficient (Wildman–Crippen LogP) is 9.68. The van der Waals surface area contributed by atoms with Gasteiger partial charge in [0.1, 0.15) is 5.75 Å². The van der Waals surface area contributed by atoms with E-state index in [0.29, 0.717) is 5.75 Å². The molecule has 0 bridgehead atoms. The lowest BCUT2D eigenvalue weighted by Crippen LogP contribution is -2.19. The molecule has 6 heteroatoms. The van der Waals surface area contributed by atoms with Crippen molar-refractivity contribution >= 4 is 43.2 Å². The maximum Gasteiger partial charge on any atom is 0.198 e. The van der Waals surface area contributed by atoms with Crippen molar-refractivity contribution in [2.24, 2.45) is 0 Å². The van der Waals surface area contributed by atoms with Gasteiger partial charge in [-0.1, -0.05) is 30.7 Å². The fourth-order valence-corrected chi connectivity index (χ4v) is 5.45. The van der Waals surface area contributed by atoms with Crippen LogP contribution in [0.1, 0.15) is 43.2 Å². The van der Waals surface area contributed by atoms with Crippen LogP contribution in [-0.4, -0.2) is 6.10 Å². The number of hydrogen-bond donors (Lipinski definition) is 0. The molecule has 1 saturated carbocycles. The first-order valence-electron chi connectivity index (χ1n) is 11.3. The summed E-state index contributed by atoms with van der Waals surface area (Å²) < 4.78 is 66.6. The maximum absolute atomic E-state index is 14.9. The largest absolute Gasteiger partial charge is 0.490 e. The Morgan fingerprint density at radius 3 is 2.03 bits per heavy atom. The lowest BCUT2D eigenvalue weighted by atomic mass is 9.98. The number of halogens is 4. The third kappa shape index (κ3) is 4.47. The molecule has 1 aliphatic rings. The van der Waals surface area contributed by atoms with Crippen molar-refractivity contribution in [3.8, 4) is 5.75 Å². The Balaban J connectivity index is 1.42. The molecule has 4 aromatic rings. The minimum atomic E-state index is -1.87. The number of thiophene rings is 1. The van der Waals surface area contributed by atoms with E-state index < -0.39 is 23.3 Å². The van der Waals surface area contributed by atoms with E-state index in [9.17, 15) is 17.6 Å². The van der Waals surface area contributed by atoms with E-state index in [2.05, 4.69) is 0 Å². The molecule has 1 aromatic heterocycles. The molecule has 0 aliphatic heterocycles. The predicted molar refractivity (Wildman–Crippen MR) is 132 cm³/mol. The topological polar surface area (TPSA) is 9.23 Å².